The number of aromatic nitrogens is 1. The molecule has 0 unspecified atom stereocenters. The molecule has 0 radical (unpaired) electrons. The maximum Gasteiger partial charge on any atom is 0.230 e. The van der Waals surface area contributed by atoms with Gasteiger partial charge in [-0.15, -0.1) is 0 Å². The van der Waals surface area contributed by atoms with E-state index in [2.05, 4.69) is 12.1 Å². The summed E-state index contributed by atoms with van der Waals surface area (Å²) in [4.78, 5) is 4.86. The summed E-state index contributed by atoms with van der Waals surface area (Å²) in [5.41, 5.74) is 0.928. The second kappa shape index (κ2) is 7.21. The van der Waals surface area contributed by atoms with Crippen LogP contribution < -0.4 is 9.57 Å². The number of benzene rings is 2. The topological polar surface area (TPSA) is 70.3 Å². The maximum atomic E-state index is 10.4. The standard InChI is InChI=1S/C10H10NO.C7H8O3S/c1-12-11-7-6-9-4-2-3-5-10(9)8-11;1-6-2-4-7(5-3-6)11(8,9)10/h2-8H,1H3;2-5H,1H3,(H,8,9,10)/q+1;/p-1. The molecule has 0 aliphatic rings. The Hall–Kier alpha value is -2.44. The molecule has 3 aromatic rings. The highest BCUT2D eigenvalue weighted by Crippen LogP contribution is 2.09. The molecular formula is C17H17NO4S. The minimum Gasteiger partial charge on any atom is -0.744 e. The van der Waals surface area contributed by atoms with E-state index in [1.165, 1.54) is 22.9 Å². The van der Waals surface area contributed by atoms with Gasteiger partial charge < -0.3 is 4.55 Å². The van der Waals surface area contributed by atoms with Crippen LogP contribution in [0, 0.1) is 6.92 Å². The second-order valence-electron chi connectivity index (χ2n) is 4.88. The molecule has 2 aromatic carbocycles. The predicted molar refractivity (Wildman–Crippen MR) is 85.8 cm³/mol. The first-order valence-corrected chi connectivity index (χ1v) is 8.28. The number of fused-ring (bicyclic) bond motifs is 1. The van der Waals surface area contributed by atoms with E-state index in [9.17, 15) is 13.0 Å². The Bertz CT molecular complexity index is 890. The van der Waals surface area contributed by atoms with E-state index in [-0.39, 0.29) is 4.90 Å². The fourth-order valence-electron chi connectivity index (χ4n) is 1.93. The Morgan fingerprint density at radius 2 is 1.57 bits per heavy atom. The first-order chi connectivity index (χ1) is 10.9. The molecule has 0 bridgehead atoms. The van der Waals surface area contributed by atoms with Crippen molar-refractivity contribution < 1.29 is 22.5 Å². The lowest BCUT2D eigenvalue weighted by Gasteiger charge is -2.05. The van der Waals surface area contributed by atoms with Crippen LogP contribution in [0.3, 0.4) is 0 Å². The van der Waals surface area contributed by atoms with Crippen molar-refractivity contribution in [3.05, 3.63) is 72.6 Å². The maximum absolute atomic E-state index is 10.4. The molecule has 0 atom stereocenters. The van der Waals surface area contributed by atoms with E-state index < -0.39 is 10.1 Å². The van der Waals surface area contributed by atoms with E-state index in [0.29, 0.717) is 0 Å². The van der Waals surface area contributed by atoms with E-state index in [0.717, 1.165) is 5.56 Å². The summed E-state index contributed by atoms with van der Waals surface area (Å²) in [5, 5.41) is 2.41. The number of pyridine rings is 1. The summed E-state index contributed by atoms with van der Waals surface area (Å²) in [6.45, 7) is 1.82. The first-order valence-electron chi connectivity index (χ1n) is 6.87. The zero-order valence-corrected chi connectivity index (χ0v) is 13.7. The van der Waals surface area contributed by atoms with Crippen molar-refractivity contribution in [2.75, 3.05) is 7.11 Å². The number of hydrogen-bond donors (Lipinski definition) is 0. The second-order valence-corrected chi connectivity index (χ2v) is 6.26. The van der Waals surface area contributed by atoms with Crippen LogP contribution in [0.1, 0.15) is 5.56 Å². The Morgan fingerprint density at radius 3 is 2.13 bits per heavy atom. The minimum absolute atomic E-state index is 0.178. The van der Waals surface area contributed by atoms with Gasteiger partial charge in [0.15, 0.2) is 0 Å². The third-order valence-corrected chi connectivity index (χ3v) is 4.03. The molecular weight excluding hydrogens is 314 g/mol. The number of aryl methyl sites for hydroxylation is 1. The summed E-state index contributed by atoms with van der Waals surface area (Å²) < 4.78 is 32.8. The summed E-state index contributed by atoms with van der Waals surface area (Å²) in [5.74, 6) is 0. The lowest BCUT2D eigenvalue weighted by Crippen LogP contribution is -2.39. The average Bonchev–Trinajstić information content (AvgIpc) is 2.54. The third-order valence-electron chi connectivity index (χ3n) is 3.18. The quantitative estimate of drug-likeness (QED) is 0.532. The third kappa shape index (κ3) is 4.77. The van der Waals surface area contributed by atoms with Gasteiger partial charge in [-0.25, -0.2) is 8.42 Å². The predicted octanol–water partition coefficient (Wildman–Crippen LogP) is 2.08. The van der Waals surface area contributed by atoms with Crippen LogP contribution in [0.25, 0.3) is 10.8 Å². The van der Waals surface area contributed by atoms with Gasteiger partial charge in [-0.1, -0.05) is 35.9 Å². The summed E-state index contributed by atoms with van der Waals surface area (Å²) in [7, 11) is -2.62. The molecule has 0 spiro atoms. The molecule has 0 aliphatic carbocycles. The summed E-state index contributed by atoms with van der Waals surface area (Å²) >= 11 is 0. The molecule has 23 heavy (non-hydrogen) atoms. The Labute approximate surface area is 135 Å². The molecule has 5 nitrogen and oxygen atoms in total. The molecule has 0 N–H and O–H groups in total. The Morgan fingerprint density at radius 1 is 0.957 bits per heavy atom. The molecule has 120 valence electrons. The van der Waals surface area contributed by atoms with Crippen LogP contribution >= 0.6 is 0 Å². The molecule has 1 aromatic heterocycles. The van der Waals surface area contributed by atoms with Crippen molar-refractivity contribution >= 4 is 20.9 Å². The van der Waals surface area contributed by atoms with Crippen LogP contribution in [-0.4, -0.2) is 20.1 Å². The normalized spacial score (nSPS) is 10.7. The molecule has 0 amide bonds. The van der Waals surface area contributed by atoms with Crippen molar-refractivity contribution in [3.8, 4) is 0 Å². The van der Waals surface area contributed by atoms with Crippen LogP contribution in [0.4, 0.5) is 0 Å². The summed E-state index contributed by atoms with van der Waals surface area (Å²) in [6.07, 6.45) is 3.84. The van der Waals surface area contributed by atoms with Gasteiger partial charge in [0.1, 0.15) is 17.2 Å². The molecule has 0 aliphatic heterocycles. The number of rotatable bonds is 2. The molecule has 0 saturated carbocycles. The van der Waals surface area contributed by atoms with Gasteiger partial charge in [0, 0.05) is 10.8 Å². The number of nitrogens with zero attached hydrogens (tertiary/aromatic N) is 1. The average molecular weight is 331 g/mol. The number of hydrogen-bond acceptors (Lipinski definition) is 4. The van der Waals surface area contributed by atoms with E-state index in [4.69, 9.17) is 4.84 Å². The van der Waals surface area contributed by atoms with Crippen molar-refractivity contribution in [1.82, 2.24) is 0 Å². The molecule has 0 saturated heterocycles. The lowest BCUT2D eigenvalue weighted by molar-refractivity contribution is -0.884. The van der Waals surface area contributed by atoms with Crippen LogP contribution in [0.2, 0.25) is 0 Å². The van der Waals surface area contributed by atoms with Gasteiger partial charge in [-0.2, -0.15) is 0 Å². The van der Waals surface area contributed by atoms with Gasteiger partial charge in [-0.05, 0) is 30.5 Å². The van der Waals surface area contributed by atoms with Gasteiger partial charge in [0.25, 0.3) is 0 Å². The van der Waals surface area contributed by atoms with E-state index in [1.807, 2.05) is 37.5 Å². The highest BCUT2D eigenvalue weighted by Gasteiger charge is 2.00. The molecule has 1 heterocycles. The van der Waals surface area contributed by atoms with Gasteiger partial charge in [0.05, 0.1) is 10.3 Å². The zero-order valence-electron chi connectivity index (χ0n) is 12.8. The highest BCUT2D eigenvalue weighted by molar-refractivity contribution is 7.85. The Balaban J connectivity index is 0.000000168. The zero-order chi connectivity index (χ0) is 16.9. The van der Waals surface area contributed by atoms with E-state index >= 15 is 0 Å². The summed E-state index contributed by atoms with van der Waals surface area (Å²) in [6, 6.07) is 16.0. The van der Waals surface area contributed by atoms with Crippen LogP contribution in [0.5, 0.6) is 0 Å². The van der Waals surface area contributed by atoms with Gasteiger partial charge >= 0.3 is 0 Å². The van der Waals surface area contributed by atoms with Crippen LogP contribution in [0.15, 0.2) is 71.9 Å². The highest BCUT2D eigenvalue weighted by atomic mass is 32.2. The SMILES string of the molecule is CO[n+]1ccc2ccccc2c1.Cc1ccc(S(=O)(=O)[O-])cc1. The largest absolute Gasteiger partial charge is 0.744 e. The fraction of sp³-hybridized carbons (Fsp3) is 0.118. The van der Waals surface area contributed by atoms with Gasteiger partial charge in [0.2, 0.25) is 12.4 Å². The molecule has 0 fully saturated rings. The molecule has 6 heteroatoms. The van der Waals surface area contributed by atoms with Crippen molar-refractivity contribution in [1.29, 1.82) is 0 Å². The smallest absolute Gasteiger partial charge is 0.230 e. The monoisotopic (exact) mass is 331 g/mol. The fourth-order valence-corrected chi connectivity index (χ4v) is 2.40. The molecule has 3 rings (SSSR count). The van der Waals surface area contributed by atoms with Gasteiger partial charge in [-0.3, -0.25) is 4.84 Å². The van der Waals surface area contributed by atoms with Crippen molar-refractivity contribution in [2.24, 2.45) is 0 Å². The minimum atomic E-state index is -4.27. The Kier molecular flexibility index (Phi) is 5.31. The van der Waals surface area contributed by atoms with Crippen molar-refractivity contribution in [3.63, 3.8) is 0 Å². The first kappa shape index (κ1) is 16.9. The lowest BCUT2D eigenvalue weighted by atomic mass is 10.2. The van der Waals surface area contributed by atoms with Crippen molar-refractivity contribution in [2.45, 2.75) is 11.8 Å². The van der Waals surface area contributed by atoms with Crippen LogP contribution in [-0.2, 0) is 10.1 Å². The van der Waals surface area contributed by atoms with E-state index in [1.54, 1.807) is 24.0 Å².